The van der Waals surface area contributed by atoms with Gasteiger partial charge in [-0.15, -0.1) is 0 Å². The normalized spacial score (nSPS) is 24.1. The third-order valence-corrected chi connectivity index (χ3v) is 1.99. The van der Waals surface area contributed by atoms with Crippen LogP contribution in [0.25, 0.3) is 0 Å². The van der Waals surface area contributed by atoms with Crippen LogP contribution >= 0.6 is 0 Å². The van der Waals surface area contributed by atoms with Crippen molar-refractivity contribution in [3.05, 3.63) is 0 Å². The molecule has 0 saturated heterocycles. The van der Waals surface area contributed by atoms with Gasteiger partial charge in [-0.25, -0.2) is 0 Å². The molecule has 0 aromatic heterocycles. The zero-order chi connectivity index (χ0) is 8.10. The molecule has 0 N–H and O–H groups in total. The standard InChI is InChI=1S/C9H15NO/c1-2-3-4-8-7-9(11)5-6-10-8/h6,8H,2-5,7H2,1H3. The highest BCUT2D eigenvalue weighted by molar-refractivity contribution is 5.93. The highest BCUT2D eigenvalue weighted by Gasteiger charge is 2.14. The van der Waals surface area contributed by atoms with Crippen LogP contribution in [-0.2, 0) is 4.79 Å². The SMILES string of the molecule is CCCCC1CC(=O)CC=N1. The molecule has 1 unspecified atom stereocenters. The molecule has 0 radical (unpaired) electrons. The molecule has 1 aliphatic rings. The Balaban J connectivity index is 2.28. The first-order chi connectivity index (χ1) is 5.33. The van der Waals surface area contributed by atoms with Crippen LogP contribution in [0.3, 0.4) is 0 Å². The van der Waals surface area contributed by atoms with E-state index in [0.717, 1.165) is 6.42 Å². The number of hydrogen-bond donors (Lipinski definition) is 0. The second-order valence-corrected chi connectivity index (χ2v) is 3.07. The van der Waals surface area contributed by atoms with Gasteiger partial charge < -0.3 is 0 Å². The van der Waals surface area contributed by atoms with Crippen LogP contribution in [0, 0.1) is 0 Å². The predicted octanol–water partition coefficient (Wildman–Crippen LogP) is 1.98. The predicted molar refractivity (Wildman–Crippen MR) is 46.0 cm³/mol. The average Bonchev–Trinajstić information content (AvgIpc) is 2.01. The second kappa shape index (κ2) is 4.27. The highest BCUT2D eigenvalue weighted by Crippen LogP contribution is 2.12. The Labute approximate surface area is 67.7 Å². The molecule has 0 bridgehead atoms. The van der Waals surface area contributed by atoms with E-state index in [-0.39, 0.29) is 0 Å². The number of carbonyl (C=O) groups excluding carboxylic acids is 1. The van der Waals surface area contributed by atoms with Crippen LogP contribution < -0.4 is 0 Å². The number of nitrogens with zero attached hydrogens (tertiary/aromatic N) is 1. The first-order valence-corrected chi connectivity index (χ1v) is 4.36. The van der Waals surface area contributed by atoms with Gasteiger partial charge in [0.25, 0.3) is 0 Å². The molecule has 1 aliphatic heterocycles. The second-order valence-electron chi connectivity index (χ2n) is 3.07. The zero-order valence-corrected chi connectivity index (χ0v) is 7.05. The van der Waals surface area contributed by atoms with Gasteiger partial charge in [-0.3, -0.25) is 9.79 Å². The van der Waals surface area contributed by atoms with Gasteiger partial charge in [-0.2, -0.15) is 0 Å². The molecule has 1 rings (SSSR count). The number of aliphatic imine (C=N–C) groups is 1. The Bertz CT molecular complexity index is 163. The maximum atomic E-state index is 10.9. The molecule has 11 heavy (non-hydrogen) atoms. The summed E-state index contributed by atoms with van der Waals surface area (Å²) < 4.78 is 0. The number of Topliss-reactive ketones (excluding diaryl/α,β-unsaturated/α-hetero) is 1. The molecule has 0 fully saturated rings. The van der Waals surface area contributed by atoms with E-state index in [9.17, 15) is 4.79 Å². The van der Waals surface area contributed by atoms with Crippen molar-refractivity contribution in [3.8, 4) is 0 Å². The van der Waals surface area contributed by atoms with Gasteiger partial charge in [0.1, 0.15) is 5.78 Å². The molecule has 2 nitrogen and oxygen atoms in total. The van der Waals surface area contributed by atoms with Gasteiger partial charge in [0, 0.05) is 19.1 Å². The lowest BCUT2D eigenvalue weighted by molar-refractivity contribution is -0.118. The van der Waals surface area contributed by atoms with Crippen molar-refractivity contribution < 1.29 is 4.79 Å². The fourth-order valence-corrected chi connectivity index (χ4v) is 1.32. The number of carbonyl (C=O) groups is 1. The minimum absolute atomic E-state index is 0.302. The number of rotatable bonds is 3. The molecule has 1 atom stereocenters. The topological polar surface area (TPSA) is 29.4 Å². The van der Waals surface area contributed by atoms with E-state index in [1.165, 1.54) is 12.8 Å². The summed E-state index contributed by atoms with van der Waals surface area (Å²) in [4.78, 5) is 15.2. The average molecular weight is 153 g/mol. The Morgan fingerprint density at radius 2 is 2.55 bits per heavy atom. The summed E-state index contributed by atoms with van der Waals surface area (Å²) in [5, 5.41) is 0. The molecule has 2 heteroatoms. The summed E-state index contributed by atoms with van der Waals surface area (Å²) in [6.45, 7) is 2.16. The summed E-state index contributed by atoms with van der Waals surface area (Å²) in [6, 6.07) is 0.302. The van der Waals surface area contributed by atoms with Gasteiger partial charge in [0.15, 0.2) is 0 Å². The van der Waals surface area contributed by atoms with Crippen molar-refractivity contribution in [1.82, 2.24) is 0 Å². The Hall–Kier alpha value is -0.660. The molecule has 62 valence electrons. The number of ketones is 1. The summed E-state index contributed by atoms with van der Waals surface area (Å²) in [5.41, 5.74) is 0. The molecular formula is C9H15NO. The fourth-order valence-electron chi connectivity index (χ4n) is 1.32. The molecule has 0 aliphatic carbocycles. The van der Waals surface area contributed by atoms with Crippen LogP contribution in [0.1, 0.15) is 39.0 Å². The molecule has 0 saturated carbocycles. The molecule has 1 heterocycles. The van der Waals surface area contributed by atoms with Gasteiger partial charge in [-0.1, -0.05) is 19.8 Å². The quantitative estimate of drug-likeness (QED) is 0.609. The van der Waals surface area contributed by atoms with Crippen molar-refractivity contribution >= 4 is 12.0 Å². The van der Waals surface area contributed by atoms with Crippen LogP contribution in [0.15, 0.2) is 4.99 Å². The largest absolute Gasteiger partial charge is 0.299 e. The first-order valence-electron chi connectivity index (χ1n) is 4.36. The van der Waals surface area contributed by atoms with Crippen molar-refractivity contribution in [3.63, 3.8) is 0 Å². The van der Waals surface area contributed by atoms with Crippen molar-refractivity contribution in [2.75, 3.05) is 0 Å². The molecule has 0 spiro atoms. The van der Waals surface area contributed by atoms with E-state index in [2.05, 4.69) is 11.9 Å². The third kappa shape index (κ3) is 2.83. The van der Waals surface area contributed by atoms with E-state index < -0.39 is 0 Å². The van der Waals surface area contributed by atoms with Crippen molar-refractivity contribution in [2.45, 2.75) is 45.1 Å². The van der Waals surface area contributed by atoms with E-state index in [4.69, 9.17) is 0 Å². The number of unbranched alkanes of at least 4 members (excludes halogenated alkanes) is 1. The van der Waals surface area contributed by atoms with E-state index in [0.29, 0.717) is 24.7 Å². The lowest BCUT2D eigenvalue weighted by Crippen LogP contribution is -2.17. The van der Waals surface area contributed by atoms with Crippen molar-refractivity contribution in [1.29, 1.82) is 0 Å². The maximum absolute atomic E-state index is 10.9. The van der Waals surface area contributed by atoms with Gasteiger partial charge in [0.05, 0.1) is 6.04 Å². The van der Waals surface area contributed by atoms with E-state index in [1.54, 1.807) is 6.21 Å². The summed E-state index contributed by atoms with van der Waals surface area (Å²) >= 11 is 0. The van der Waals surface area contributed by atoms with Crippen LogP contribution in [0.4, 0.5) is 0 Å². The Kier molecular flexibility index (Phi) is 3.27. The highest BCUT2D eigenvalue weighted by atomic mass is 16.1. The third-order valence-electron chi connectivity index (χ3n) is 1.99. The molecular weight excluding hydrogens is 138 g/mol. The number of hydrogen-bond acceptors (Lipinski definition) is 2. The summed E-state index contributed by atoms with van der Waals surface area (Å²) in [7, 11) is 0. The van der Waals surface area contributed by atoms with Gasteiger partial charge in [-0.05, 0) is 6.42 Å². The summed E-state index contributed by atoms with van der Waals surface area (Å²) in [6.07, 6.45) is 6.47. The van der Waals surface area contributed by atoms with Crippen LogP contribution in [-0.4, -0.2) is 18.0 Å². The summed E-state index contributed by atoms with van der Waals surface area (Å²) in [5.74, 6) is 0.348. The Morgan fingerprint density at radius 3 is 3.18 bits per heavy atom. The minimum atomic E-state index is 0.302. The maximum Gasteiger partial charge on any atom is 0.140 e. The lowest BCUT2D eigenvalue weighted by atomic mass is 10.0. The fraction of sp³-hybridized carbons (Fsp3) is 0.778. The van der Waals surface area contributed by atoms with Crippen LogP contribution in [0.5, 0.6) is 0 Å². The monoisotopic (exact) mass is 153 g/mol. The smallest absolute Gasteiger partial charge is 0.140 e. The van der Waals surface area contributed by atoms with Crippen molar-refractivity contribution in [2.24, 2.45) is 4.99 Å². The molecule has 0 aromatic rings. The van der Waals surface area contributed by atoms with Crippen LogP contribution in [0.2, 0.25) is 0 Å². The van der Waals surface area contributed by atoms with E-state index >= 15 is 0 Å². The van der Waals surface area contributed by atoms with E-state index in [1.807, 2.05) is 0 Å². The zero-order valence-electron chi connectivity index (χ0n) is 7.05. The Morgan fingerprint density at radius 1 is 1.73 bits per heavy atom. The van der Waals surface area contributed by atoms with Gasteiger partial charge >= 0.3 is 0 Å². The lowest BCUT2D eigenvalue weighted by Gasteiger charge is -2.13. The minimum Gasteiger partial charge on any atom is -0.299 e. The molecule has 0 aromatic carbocycles. The first kappa shape index (κ1) is 8.44. The molecule has 0 amide bonds. The van der Waals surface area contributed by atoms with Gasteiger partial charge in [0.2, 0.25) is 0 Å².